The summed E-state index contributed by atoms with van der Waals surface area (Å²) in [6.07, 6.45) is 0. The lowest BCUT2D eigenvalue weighted by Crippen LogP contribution is -2.36. The Balaban J connectivity index is 2.34. The van der Waals surface area contributed by atoms with Gasteiger partial charge in [0.25, 0.3) is 5.69 Å². The molecule has 2 N–H and O–H groups in total. The van der Waals surface area contributed by atoms with E-state index in [0.717, 1.165) is 18.8 Å². The lowest BCUT2D eigenvalue weighted by atomic mass is 10.1. The van der Waals surface area contributed by atoms with Gasteiger partial charge in [0.2, 0.25) is 0 Å². The fourth-order valence-electron chi connectivity index (χ4n) is 2.04. The molecule has 0 radical (unpaired) electrons. The second kappa shape index (κ2) is 4.58. The van der Waals surface area contributed by atoms with Crippen LogP contribution in [0.25, 0.3) is 0 Å². The van der Waals surface area contributed by atoms with Crippen LogP contribution >= 0.6 is 0 Å². The molecule has 0 aromatic heterocycles. The monoisotopic (exact) mass is 237 g/mol. The molecule has 1 aliphatic heterocycles. The number of nitrogens with two attached hydrogens (primary N) is 1. The third-order valence-electron chi connectivity index (χ3n) is 2.87. The van der Waals surface area contributed by atoms with Gasteiger partial charge < -0.3 is 15.4 Å². The van der Waals surface area contributed by atoms with Gasteiger partial charge in [0.05, 0.1) is 18.1 Å². The van der Waals surface area contributed by atoms with Crippen molar-refractivity contribution in [2.75, 3.05) is 36.9 Å². The predicted molar refractivity (Wildman–Crippen MR) is 65.3 cm³/mol. The lowest BCUT2D eigenvalue weighted by molar-refractivity contribution is -0.384. The number of nitro benzene ring substituents is 1. The summed E-state index contributed by atoms with van der Waals surface area (Å²) in [5.74, 6) is 0. The quantitative estimate of drug-likeness (QED) is 0.476. The number of hydrogen-bond donors (Lipinski definition) is 1. The van der Waals surface area contributed by atoms with E-state index in [4.69, 9.17) is 10.5 Å². The molecule has 92 valence electrons. The Morgan fingerprint density at radius 2 is 2.06 bits per heavy atom. The van der Waals surface area contributed by atoms with Gasteiger partial charge in [0.15, 0.2) is 0 Å². The summed E-state index contributed by atoms with van der Waals surface area (Å²) >= 11 is 0. The third-order valence-corrected chi connectivity index (χ3v) is 2.87. The zero-order valence-corrected chi connectivity index (χ0v) is 9.68. The topological polar surface area (TPSA) is 81.6 Å². The number of rotatable bonds is 2. The zero-order chi connectivity index (χ0) is 12.4. The molecule has 1 aromatic carbocycles. The number of nitrogens with zero attached hydrogens (tertiary/aromatic N) is 2. The van der Waals surface area contributed by atoms with Gasteiger partial charge in [-0.1, -0.05) is 0 Å². The van der Waals surface area contributed by atoms with E-state index in [-0.39, 0.29) is 11.4 Å². The fourth-order valence-corrected chi connectivity index (χ4v) is 2.04. The molecule has 0 amide bonds. The number of benzene rings is 1. The normalized spacial score (nSPS) is 15.9. The molecule has 0 spiro atoms. The van der Waals surface area contributed by atoms with Gasteiger partial charge in [0, 0.05) is 24.3 Å². The van der Waals surface area contributed by atoms with Gasteiger partial charge in [-0.15, -0.1) is 0 Å². The van der Waals surface area contributed by atoms with Crippen molar-refractivity contribution in [3.63, 3.8) is 0 Å². The average Bonchev–Trinajstić information content (AvgIpc) is 2.28. The van der Waals surface area contributed by atoms with Gasteiger partial charge in [0.1, 0.15) is 5.69 Å². The Morgan fingerprint density at radius 3 is 2.59 bits per heavy atom. The van der Waals surface area contributed by atoms with Gasteiger partial charge in [-0.3, -0.25) is 10.1 Å². The number of anilines is 2. The van der Waals surface area contributed by atoms with E-state index in [1.807, 2.05) is 0 Å². The van der Waals surface area contributed by atoms with Crippen LogP contribution in [0.3, 0.4) is 0 Å². The third kappa shape index (κ3) is 2.31. The molecule has 0 aliphatic carbocycles. The number of aryl methyl sites for hydroxylation is 1. The summed E-state index contributed by atoms with van der Waals surface area (Å²) in [6.45, 7) is 4.64. The first-order chi connectivity index (χ1) is 8.09. The van der Waals surface area contributed by atoms with Crippen molar-refractivity contribution in [1.29, 1.82) is 0 Å². The molecular formula is C11H15N3O3. The van der Waals surface area contributed by atoms with Gasteiger partial charge in [-0.2, -0.15) is 0 Å². The van der Waals surface area contributed by atoms with Crippen molar-refractivity contribution >= 4 is 17.1 Å². The van der Waals surface area contributed by atoms with Gasteiger partial charge in [-0.25, -0.2) is 0 Å². The number of ether oxygens (including phenoxy) is 1. The fraction of sp³-hybridized carbons (Fsp3) is 0.455. The molecule has 6 heteroatoms. The first-order valence-corrected chi connectivity index (χ1v) is 5.47. The minimum absolute atomic E-state index is 0.00186. The maximum atomic E-state index is 10.8. The Kier molecular flexibility index (Phi) is 3.14. The first kappa shape index (κ1) is 11.7. The van der Waals surface area contributed by atoms with Crippen molar-refractivity contribution in [3.8, 4) is 0 Å². The summed E-state index contributed by atoms with van der Waals surface area (Å²) in [7, 11) is 0. The SMILES string of the molecule is Cc1cc(N2CCOCC2)cc(N)c1[N+](=O)[O-]. The number of nitro groups is 1. The highest BCUT2D eigenvalue weighted by Crippen LogP contribution is 2.31. The number of morpholine rings is 1. The summed E-state index contributed by atoms with van der Waals surface area (Å²) in [5.41, 5.74) is 7.47. The lowest BCUT2D eigenvalue weighted by Gasteiger charge is -2.29. The Morgan fingerprint density at radius 1 is 1.41 bits per heavy atom. The molecule has 0 bridgehead atoms. The molecule has 6 nitrogen and oxygen atoms in total. The van der Waals surface area contributed by atoms with E-state index in [0.29, 0.717) is 18.8 Å². The summed E-state index contributed by atoms with van der Waals surface area (Å²) in [5, 5.41) is 10.8. The maximum absolute atomic E-state index is 10.8. The minimum atomic E-state index is -0.437. The van der Waals surface area contributed by atoms with Crippen LogP contribution in [-0.4, -0.2) is 31.2 Å². The molecule has 0 atom stereocenters. The van der Waals surface area contributed by atoms with Crippen LogP contribution < -0.4 is 10.6 Å². The Hall–Kier alpha value is -1.82. The number of nitrogen functional groups attached to an aromatic ring is 1. The molecule has 1 aromatic rings. The van der Waals surface area contributed by atoms with E-state index >= 15 is 0 Å². The van der Waals surface area contributed by atoms with E-state index in [1.54, 1.807) is 19.1 Å². The zero-order valence-electron chi connectivity index (χ0n) is 9.68. The van der Waals surface area contributed by atoms with E-state index in [2.05, 4.69) is 4.90 Å². The smallest absolute Gasteiger partial charge is 0.295 e. The molecule has 1 saturated heterocycles. The second-order valence-corrected chi connectivity index (χ2v) is 4.06. The van der Waals surface area contributed by atoms with Crippen LogP contribution in [0.15, 0.2) is 12.1 Å². The highest BCUT2D eigenvalue weighted by molar-refractivity contribution is 5.70. The van der Waals surface area contributed by atoms with Crippen LogP contribution in [-0.2, 0) is 4.74 Å². The molecule has 0 saturated carbocycles. The van der Waals surface area contributed by atoms with Crippen LogP contribution in [0.5, 0.6) is 0 Å². The second-order valence-electron chi connectivity index (χ2n) is 4.06. The van der Waals surface area contributed by atoms with Crippen molar-refractivity contribution in [3.05, 3.63) is 27.8 Å². The number of hydrogen-bond acceptors (Lipinski definition) is 5. The maximum Gasteiger partial charge on any atom is 0.295 e. The van der Waals surface area contributed by atoms with Crippen molar-refractivity contribution in [2.24, 2.45) is 0 Å². The van der Waals surface area contributed by atoms with Crippen molar-refractivity contribution < 1.29 is 9.66 Å². The molecule has 1 fully saturated rings. The van der Waals surface area contributed by atoms with Gasteiger partial charge in [-0.05, 0) is 19.1 Å². The summed E-state index contributed by atoms with van der Waals surface area (Å²) in [4.78, 5) is 12.5. The largest absolute Gasteiger partial charge is 0.393 e. The predicted octanol–water partition coefficient (Wildman–Crippen LogP) is 1.32. The molecule has 2 rings (SSSR count). The average molecular weight is 237 g/mol. The highest BCUT2D eigenvalue weighted by atomic mass is 16.6. The highest BCUT2D eigenvalue weighted by Gasteiger charge is 2.19. The van der Waals surface area contributed by atoms with Crippen LogP contribution in [0.1, 0.15) is 5.56 Å². The summed E-state index contributed by atoms with van der Waals surface area (Å²) < 4.78 is 5.26. The van der Waals surface area contributed by atoms with Crippen molar-refractivity contribution in [2.45, 2.75) is 6.92 Å². The summed E-state index contributed by atoms with van der Waals surface area (Å²) in [6, 6.07) is 3.47. The van der Waals surface area contributed by atoms with Crippen molar-refractivity contribution in [1.82, 2.24) is 0 Å². The van der Waals surface area contributed by atoms with E-state index < -0.39 is 4.92 Å². The molecule has 1 heterocycles. The molecule has 17 heavy (non-hydrogen) atoms. The van der Waals surface area contributed by atoms with E-state index in [9.17, 15) is 10.1 Å². The van der Waals surface area contributed by atoms with Crippen LogP contribution in [0.2, 0.25) is 0 Å². The Labute approximate surface area is 99.1 Å². The molecule has 1 aliphatic rings. The van der Waals surface area contributed by atoms with Gasteiger partial charge >= 0.3 is 0 Å². The Bertz CT molecular complexity index is 419. The minimum Gasteiger partial charge on any atom is -0.393 e. The van der Waals surface area contributed by atoms with Crippen LogP contribution in [0.4, 0.5) is 17.1 Å². The first-order valence-electron chi connectivity index (χ1n) is 5.47. The molecular weight excluding hydrogens is 222 g/mol. The van der Waals surface area contributed by atoms with Crippen LogP contribution in [0, 0.1) is 17.0 Å². The molecule has 0 unspecified atom stereocenters. The van der Waals surface area contributed by atoms with E-state index in [1.165, 1.54) is 0 Å². The standard InChI is InChI=1S/C11H15N3O3/c1-8-6-9(13-2-4-17-5-3-13)7-10(12)11(8)14(15)16/h6-7H,2-5,12H2,1H3.